The summed E-state index contributed by atoms with van der Waals surface area (Å²) in [7, 11) is 0. The highest BCUT2D eigenvalue weighted by Crippen LogP contribution is 2.16. The maximum Gasteiger partial charge on any atom is 0.306 e. The second kappa shape index (κ2) is 42.2. The number of esters is 3. The Morgan fingerprint density at radius 3 is 0.769 bits per heavy atom. The Bertz CT molecular complexity index is 768. The van der Waals surface area contributed by atoms with Crippen LogP contribution in [0, 0.1) is 0 Å². The van der Waals surface area contributed by atoms with E-state index < -0.39 is 6.10 Å². The standard InChI is InChI=1S/C46H88O6/c1-4-7-10-13-15-17-19-20-21-22-23-24-25-26-27-29-30-33-36-39-45(48)51-42-43(41-50-44(47)38-35-32-12-9-6-3)52-46(49)40-37-34-31-28-18-16-14-11-8-5-2/h43H,4-42H2,1-3H3/t43-/m1/s1. The van der Waals surface area contributed by atoms with Crippen LogP contribution in [0.3, 0.4) is 0 Å². The first-order chi connectivity index (χ1) is 25.5. The minimum absolute atomic E-state index is 0.0640. The number of carbonyl (C=O) groups excluding carboxylic acids is 3. The van der Waals surface area contributed by atoms with Crippen molar-refractivity contribution >= 4 is 17.9 Å². The molecule has 0 fully saturated rings. The Morgan fingerprint density at radius 1 is 0.308 bits per heavy atom. The normalized spacial score (nSPS) is 11.8. The van der Waals surface area contributed by atoms with Crippen LogP contribution < -0.4 is 0 Å². The zero-order chi connectivity index (χ0) is 38.0. The molecule has 0 saturated heterocycles. The van der Waals surface area contributed by atoms with Gasteiger partial charge in [0.2, 0.25) is 0 Å². The van der Waals surface area contributed by atoms with Crippen molar-refractivity contribution in [2.45, 2.75) is 264 Å². The van der Waals surface area contributed by atoms with E-state index in [1.807, 2.05) is 0 Å². The number of unbranched alkanes of at least 4 members (excludes halogenated alkanes) is 31. The van der Waals surface area contributed by atoms with Crippen molar-refractivity contribution in [1.29, 1.82) is 0 Å². The molecule has 6 heteroatoms. The molecule has 0 aromatic heterocycles. The van der Waals surface area contributed by atoms with Crippen molar-refractivity contribution in [3.63, 3.8) is 0 Å². The van der Waals surface area contributed by atoms with Crippen LogP contribution in [-0.4, -0.2) is 37.2 Å². The van der Waals surface area contributed by atoms with Gasteiger partial charge >= 0.3 is 17.9 Å². The maximum absolute atomic E-state index is 12.6. The van der Waals surface area contributed by atoms with E-state index in [-0.39, 0.29) is 31.1 Å². The molecule has 0 spiro atoms. The van der Waals surface area contributed by atoms with Crippen molar-refractivity contribution in [3.05, 3.63) is 0 Å². The lowest BCUT2D eigenvalue weighted by Gasteiger charge is -2.18. The molecule has 0 aliphatic carbocycles. The molecule has 0 aliphatic rings. The fraction of sp³-hybridized carbons (Fsp3) is 0.935. The Labute approximate surface area is 323 Å². The first-order valence-electron chi connectivity index (χ1n) is 23.0. The Morgan fingerprint density at radius 2 is 0.519 bits per heavy atom. The van der Waals surface area contributed by atoms with Gasteiger partial charge in [0.15, 0.2) is 6.10 Å². The molecule has 52 heavy (non-hydrogen) atoms. The van der Waals surface area contributed by atoms with E-state index in [9.17, 15) is 14.4 Å². The summed E-state index contributed by atoms with van der Waals surface area (Å²) in [5.74, 6) is -0.868. The highest BCUT2D eigenvalue weighted by Gasteiger charge is 2.19. The summed E-state index contributed by atoms with van der Waals surface area (Å²) < 4.78 is 16.6. The molecule has 0 rings (SSSR count). The van der Waals surface area contributed by atoms with Crippen LogP contribution in [0.2, 0.25) is 0 Å². The molecule has 0 unspecified atom stereocenters. The second-order valence-corrected chi connectivity index (χ2v) is 15.7. The number of carbonyl (C=O) groups is 3. The molecule has 0 aromatic carbocycles. The van der Waals surface area contributed by atoms with Crippen molar-refractivity contribution in [2.24, 2.45) is 0 Å². The van der Waals surface area contributed by atoms with Crippen LogP contribution in [0.15, 0.2) is 0 Å². The van der Waals surface area contributed by atoms with Gasteiger partial charge in [0.1, 0.15) is 13.2 Å². The van der Waals surface area contributed by atoms with Gasteiger partial charge < -0.3 is 14.2 Å². The first kappa shape index (κ1) is 50.4. The van der Waals surface area contributed by atoms with Gasteiger partial charge in [0, 0.05) is 19.3 Å². The van der Waals surface area contributed by atoms with E-state index in [2.05, 4.69) is 20.8 Å². The van der Waals surface area contributed by atoms with Crippen LogP contribution in [-0.2, 0) is 28.6 Å². The van der Waals surface area contributed by atoms with E-state index in [0.717, 1.165) is 64.2 Å². The molecule has 0 saturated carbocycles. The van der Waals surface area contributed by atoms with Gasteiger partial charge in [-0.3, -0.25) is 14.4 Å². The summed E-state index contributed by atoms with van der Waals surface area (Å²) in [6.07, 6.45) is 42.7. The van der Waals surface area contributed by atoms with Crippen LogP contribution in [0.5, 0.6) is 0 Å². The fourth-order valence-corrected chi connectivity index (χ4v) is 6.85. The summed E-state index contributed by atoms with van der Waals surface area (Å²) in [6, 6.07) is 0. The average molecular weight is 737 g/mol. The molecule has 0 heterocycles. The first-order valence-corrected chi connectivity index (χ1v) is 23.0. The van der Waals surface area contributed by atoms with Crippen molar-refractivity contribution < 1.29 is 28.6 Å². The zero-order valence-corrected chi connectivity index (χ0v) is 35.1. The second-order valence-electron chi connectivity index (χ2n) is 15.7. The summed E-state index contributed by atoms with van der Waals surface area (Å²) >= 11 is 0. The third kappa shape index (κ3) is 39.6. The summed E-state index contributed by atoms with van der Waals surface area (Å²) in [4.78, 5) is 37.4. The van der Waals surface area contributed by atoms with Gasteiger partial charge in [-0.05, 0) is 19.3 Å². The lowest BCUT2D eigenvalue weighted by Crippen LogP contribution is -2.30. The molecule has 6 nitrogen and oxygen atoms in total. The maximum atomic E-state index is 12.6. The zero-order valence-electron chi connectivity index (χ0n) is 35.1. The Hall–Kier alpha value is -1.59. The molecule has 0 aromatic rings. The molecule has 308 valence electrons. The molecular weight excluding hydrogens is 648 g/mol. The topological polar surface area (TPSA) is 78.9 Å². The highest BCUT2D eigenvalue weighted by molar-refractivity contribution is 5.71. The molecule has 1 atom stereocenters. The Kier molecular flexibility index (Phi) is 40.9. The molecular formula is C46H88O6. The quantitative estimate of drug-likeness (QED) is 0.0353. The van der Waals surface area contributed by atoms with Gasteiger partial charge in [-0.1, -0.05) is 220 Å². The van der Waals surface area contributed by atoms with E-state index >= 15 is 0 Å². The lowest BCUT2D eigenvalue weighted by atomic mass is 10.0. The largest absolute Gasteiger partial charge is 0.462 e. The van der Waals surface area contributed by atoms with Crippen LogP contribution in [0.4, 0.5) is 0 Å². The SMILES string of the molecule is CCCCCCCCCCCCCCCCCCCCCC(=O)OC[C@@H](COC(=O)CCCCCCC)OC(=O)CCCCCCCCCCCC. The van der Waals surface area contributed by atoms with E-state index in [0.29, 0.717) is 19.3 Å². The average Bonchev–Trinajstić information content (AvgIpc) is 3.14. The minimum Gasteiger partial charge on any atom is -0.462 e. The van der Waals surface area contributed by atoms with Gasteiger partial charge in [0.25, 0.3) is 0 Å². The third-order valence-corrected chi connectivity index (χ3v) is 10.4. The summed E-state index contributed by atoms with van der Waals surface area (Å²) in [6.45, 7) is 6.56. The van der Waals surface area contributed by atoms with Gasteiger partial charge in [-0.2, -0.15) is 0 Å². The number of ether oxygens (including phenoxy) is 3. The molecule has 0 amide bonds. The molecule has 0 aliphatic heterocycles. The van der Waals surface area contributed by atoms with Crippen LogP contribution in [0.1, 0.15) is 258 Å². The van der Waals surface area contributed by atoms with Crippen molar-refractivity contribution in [3.8, 4) is 0 Å². The minimum atomic E-state index is -0.756. The third-order valence-electron chi connectivity index (χ3n) is 10.4. The summed E-state index contributed by atoms with van der Waals surface area (Å²) in [5, 5.41) is 0. The molecule has 0 radical (unpaired) electrons. The van der Waals surface area contributed by atoms with Gasteiger partial charge in [-0.15, -0.1) is 0 Å². The summed E-state index contributed by atoms with van der Waals surface area (Å²) in [5.41, 5.74) is 0. The Balaban J connectivity index is 4.08. The van der Waals surface area contributed by atoms with E-state index in [4.69, 9.17) is 14.2 Å². The van der Waals surface area contributed by atoms with Crippen LogP contribution >= 0.6 is 0 Å². The highest BCUT2D eigenvalue weighted by atomic mass is 16.6. The predicted molar refractivity (Wildman–Crippen MR) is 220 cm³/mol. The van der Waals surface area contributed by atoms with Gasteiger partial charge in [0.05, 0.1) is 0 Å². The lowest BCUT2D eigenvalue weighted by molar-refractivity contribution is -0.167. The smallest absolute Gasteiger partial charge is 0.306 e. The number of hydrogen-bond acceptors (Lipinski definition) is 6. The number of rotatable bonds is 42. The number of hydrogen-bond donors (Lipinski definition) is 0. The predicted octanol–water partition coefficient (Wildman–Crippen LogP) is 14.5. The van der Waals surface area contributed by atoms with Crippen molar-refractivity contribution in [1.82, 2.24) is 0 Å². The van der Waals surface area contributed by atoms with E-state index in [1.54, 1.807) is 0 Å². The monoisotopic (exact) mass is 737 g/mol. The van der Waals surface area contributed by atoms with Crippen LogP contribution in [0.25, 0.3) is 0 Å². The molecule has 0 N–H and O–H groups in total. The van der Waals surface area contributed by atoms with Crippen molar-refractivity contribution in [2.75, 3.05) is 13.2 Å². The van der Waals surface area contributed by atoms with E-state index in [1.165, 1.54) is 154 Å². The molecule has 0 bridgehead atoms. The van der Waals surface area contributed by atoms with Gasteiger partial charge in [-0.25, -0.2) is 0 Å². The fourth-order valence-electron chi connectivity index (χ4n) is 6.85.